The second kappa shape index (κ2) is 4.70. The second-order valence-corrected chi connectivity index (χ2v) is 6.70. The topological polar surface area (TPSA) is 49.0 Å². The van der Waals surface area contributed by atoms with Gasteiger partial charge in [-0.1, -0.05) is 0 Å². The molecule has 1 N–H and O–H groups in total. The smallest absolute Gasteiger partial charge is 0.265 e. The zero-order valence-corrected chi connectivity index (χ0v) is 13.4. The summed E-state index contributed by atoms with van der Waals surface area (Å²) in [5, 5.41) is 0. The van der Waals surface area contributed by atoms with Gasteiger partial charge in [-0.2, -0.15) is 0 Å². The lowest BCUT2D eigenvalue weighted by Crippen LogP contribution is -2.13. The van der Waals surface area contributed by atoms with Crippen LogP contribution in [0.25, 0.3) is 11.4 Å². The fraction of sp³-hybridized carbons (Fsp3) is 0.375. The molecule has 21 heavy (non-hydrogen) atoms. The van der Waals surface area contributed by atoms with E-state index in [0.29, 0.717) is 16.2 Å². The monoisotopic (exact) mass is 345 g/mol. The third kappa shape index (κ3) is 2.20. The van der Waals surface area contributed by atoms with E-state index >= 15 is 0 Å². The summed E-state index contributed by atoms with van der Waals surface area (Å²) in [4.78, 5) is 21.9. The van der Waals surface area contributed by atoms with Crippen molar-refractivity contribution in [2.45, 2.75) is 25.2 Å². The first-order chi connectivity index (χ1) is 10.1. The number of hydrogen-bond acceptors (Lipinski definition) is 3. The SMILES string of the molecule is CN1CCc2cc(-c3nc(C4CC4)c(Br)c(=O)[nH]3)ccc21. The van der Waals surface area contributed by atoms with Crippen LogP contribution in [0, 0.1) is 0 Å². The van der Waals surface area contributed by atoms with Crippen LogP contribution in [0.5, 0.6) is 0 Å². The molecule has 0 spiro atoms. The van der Waals surface area contributed by atoms with Crippen molar-refractivity contribution in [3.8, 4) is 11.4 Å². The van der Waals surface area contributed by atoms with Crippen molar-refractivity contribution in [3.05, 3.63) is 44.3 Å². The lowest BCUT2D eigenvalue weighted by atomic mass is 10.1. The molecule has 4 nitrogen and oxygen atoms in total. The number of hydrogen-bond donors (Lipinski definition) is 1. The van der Waals surface area contributed by atoms with Crippen LogP contribution < -0.4 is 10.5 Å². The summed E-state index contributed by atoms with van der Waals surface area (Å²) in [6.45, 7) is 1.05. The molecule has 4 rings (SSSR count). The minimum Gasteiger partial charge on any atom is -0.374 e. The van der Waals surface area contributed by atoms with E-state index in [2.05, 4.69) is 45.0 Å². The van der Waals surface area contributed by atoms with Gasteiger partial charge in [-0.3, -0.25) is 4.79 Å². The fourth-order valence-corrected chi connectivity index (χ4v) is 3.47. The highest BCUT2D eigenvalue weighted by Crippen LogP contribution is 2.41. The van der Waals surface area contributed by atoms with Gasteiger partial charge in [-0.05, 0) is 59.0 Å². The maximum absolute atomic E-state index is 12.1. The molecular weight excluding hydrogens is 330 g/mol. The van der Waals surface area contributed by atoms with E-state index in [0.717, 1.165) is 37.1 Å². The van der Waals surface area contributed by atoms with E-state index in [-0.39, 0.29) is 5.56 Å². The standard InChI is InChI=1S/C16H16BrN3O/c1-20-7-6-10-8-11(4-5-12(10)20)15-18-14(9-2-3-9)13(17)16(21)19-15/h4-5,8-9H,2-3,6-7H2,1H3,(H,18,19,21). The van der Waals surface area contributed by atoms with Crippen molar-refractivity contribution < 1.29 is 0 Å². The first kappa shape index (κ1) is 13.1. The Bertz CT molecular complexity index is 780. The molecule has 0 radical (unpaired) electrons. The Morgan fingerprint density at radius 1 is 1.38 bits per heavy atom. The van der Waals surface area contributed by atoms with Crippen molar-refractivity contribution in [2.24, 2.45) is 0 Å². The first-order valence-electron chi connectivity index (χ1n) is 7.27. The molecule has 0 bridgehead atoms. The van der Waals surface area contributed by atoms with E-state index in [4.69, 9.17) is 4.98 Å². The summed E-state index contributed by atoms with van der Waals surface area (Å²) >= 11 is 3.37. The molecule has 1 saturated carbocycles. The van der Waals surface area contributed by atoms with Crippen molar-refractivity contribution in [1.29, 1.82) is 0 Å². The van der Waals surface area contributed by atoms with Crippen LogP contribution in [0.1, 0.15) is 30.0 Å². The molecular formula is C16H16BrN3O. The highest BCUT2D eigenvalue weighted by molar-refractivity contribution is 9.10. The average Bonchev–Trinajstić information content (AvgIpc) is 3.26. The molecule has 1 aliphatic heterocycles. The highest BCUT2D eigenvalue weighted by atomic mass is 79.9. The van der Waals surface area contributed by atoms with Crippen LogP contribution in [-0.4, -0.2) is 23.6 Å². The third-order valence-corrected chi connectivity index (χ3v) is 5.10. The van der Waals surface area contributed by atoms with Crippen molar-refractivity contribution in [1.82, 2.24) is 9.97 Å². The molecule has 2 aromatic rings. The molecule has 0 atom stereocenters. The van der Waals surface area contributed by atoms with Crippen LogP contribution in [0.4, 0.5) is 5.69 Å². The molecule has 2 heterocycles. The summed E-state index contributed by atoms with van der Waals surface area (Å²) in [6, 6.07) is 6.32. The van der Waals surface area contributed by atoms with Crippen molar-refractivity contribution in [3.63, 3.8) is 0 Å². The molecule has 0 unspecified atom stereocenters. The average molecular weight is 346 g/mol. The van der Waals surface area contributed by atoms with Crippen molar-refractivity contribution >= 4 is 21.6 Å². The number of nitrogens with one attached hydrogen (secondary N) is 1. The maximum Gasteiger partial charge on any atom is 0.265 e. The number of halogens is 1. The highest BCUT2D eigenvalue weighted by Gasteiger charge is 2.29. The molecule has 1 aromatic heterocycles. The summed E-state index contributed by atoms with van der Waals surface area (Å²) in [5.41, 5.74) is 4.43. The number of nitrogens with zero attached hydrogens (tertiary/aromatic N) is 2. The fourth-order valence-electron chi connectivity index (χ4n) is 2.95. The molecule has 1 aromatic carbocycles. The van der Waals surface area contributed by atoms with Gasteiger partial charge in [0, 0.05) is 30.8 Å². The first-order valence-corrected chi connectivity index (χ1v) is 8.07. The van der Waals surface area contributed by atoms with Crippen LogP contribution in [0.15, 0.2) is 27.5 Å². The largest absolute Gasteiger partial charge is 0.374 e. The summed E-state index contributed by atoms with van der Waals surface area (Å²) in [5.74, 6) is 1.13. The van der Waals surface area contributed by atoms with Gasteiger partial charge in [0.2, 0.25) is 0 Å². The number of fused-ring (bicyclic) bond motifs is 1. The molecule has 0 amide bonds. The quantitative estimate of drug-likeness (QED) is 0.909. The van der Waals surface area contributed by atoms with Gasteiger partial charge < -0.3 is 9.88 Å². The second-order valence-electron chi connectivity index (χ2n) is 5.90. The van der Waals surface area contributed by atoms with Gasteiger partial charge in [0.15, 0.2) is 0 Å². The number of anilines is 1. The minimum atomic E-state index is -0.0838. The van der Waals surface area contributed by atoms with Gasteiger partial charge in [-0.15, -0.1) is 0 Å². The normalized spacial score (nSPS) is 17.1. The molecule has 0 saturated heterocycles. The summed E-state index contributed by atoms with van der Waals surface area (Å²) in [7, 11) is 2.11. The summed E-state index contributed by atoms with van der Waals surface area (Å²) in [6.07, 6.45) is 3.31. The van der Waals surface area contributed by atoms with E-state index in [1.54, 1.807) is 0 Å². The van der Waals surface area contributed by atoms with E-state index in [1.807, 2.05) is 6.07 Å². The van der Waals surface area contributed by atoms with E-state index in [1.165, 1.54) is 11.3 Å². The Morgan fingerprint density at radius 3 is 2.95 bits per heavy atom. The van der Waals surface area contributed by atoms with Crippen LogP contribution >= 0.6 is 15.9 Å². The molecule has 1 fully saturated rings. The van der Waals surface area contributed by atoms with Crippen LogP contribution in [-0.2, 0) is 6.42 Å². The Kier molecular flexibility index (Phi) is 2.92. The number of H-pyrrole nitrogens is 1. The zero-order chi connectivity index (χ0) is 14.6. The number of aromatic nitrogens is 2. The Labute approximate surface area is 131 Å². The predicted octanol–water partition coefficient (Wildman–Crippen LogP) is 3.07. The Morgan fingerprint density at radius 2 is 2.19 bits per heavy atom. The van der Waals surface area contributed by atoms with Gasteiger partial charge in [0.25, 0.3) is 5.56 Å². The van der Waals surface area contributed by atoms with Crippen LogP contribution in [0.2, 0.25) is 0 Å². The van der Waals surface area contributed by atoms with E-state index < -0.39 is 0 Å². The van der Waals surface area contributed by atoms with E-state index in [9.17, 15) is 4.79 Å². The molecule has 5 heteroatoms. The Hall–Kier alpha value is -1.62. The zero-order valence-electron chi connectivity index (χ0n) is 11.8. The minimum absolute atomic E-state index is 0.0838. The van der Waals surface area contributed by atoms with Crippen molar-refractivity contribution in [2.75, 3.05) is 18.5 Å². The third-order valence-electron chi connectivity index (χ3n) is 4.33. The molecule has 1 aliphatic carbocycles. The van der Waals surface area contributed by atoms with Gasteiger partial charge in [0.05, 0.1) is 5.69 Å². The van der Waals surface area contributed by atoms with Gasteiger partial charge >= 0.3 is 0 Å². The number of aromatic amines is 1. The van der Waals surface area contributed by atoms with Gasteiger partial charge in [-0.25, -0.2) is 4.98 Å². The number of rotatable bonds is 2. The summed E-state index contributed by atoms with van der Waals surface area (Å²) < 4.78 is 0.592. The lowest BCUT2D eigenvalue weighted by molar-refractivity contribution is 0.954. The predicted molar refractivity (Wildman–Crippen MR) is 86.9 cm³/mol. The number of likely N-dealkylation sites (N-methyl/N-ethyl adjacent to an activating group) is 1. The Balaban J connectivity index is 1.82. The number of benzene rings is 1. The van der Waals surface area contributed by atoms with Crippen LogP contribution in [0.3, 0.4) is 0 Å². The molecule has 2 aliphatic rings. The van der Waals surface area contributed by atoms with Gasteiger partial charge in [0.1, 0.15) is 10.3 Å². The lowest BCUT2D eigenvalue weighted by Gasteiger charge is -2.12. The maximum atomic E-state index is 12.1. The molecule has 108 valence electrons.